The molecule has 2 N–H and O–H groups in total. The summed E-state index contributed by atoms with van der Waals surface area (Å²) in [5.74, 6) is -0.752. The minimum Gasteiger partial charge on any atom is -0.396 e. The number of nitrogens with one attached hydrogen (secondary N) is 1. The lowest BCUT2D eigenvalue weighted by Gasteiger charge is -2.38. The lowest BCUT2D eigenvalue weighted by molar-refractivity contribution is -0.127. The van der Waals surface area contributed by atoms with Crippen LogP contribution in [-0.4, -0.2) is 60.8 Å². The van der Waals surface area contributed by atoms with Crippen LogP contribution in [0, 0.1) is 11.8 Å². The van der Waals surface area contributed by atoms with Gasteiger partial charge in [0.25, 0.3) is 5.56 Å². The molecule has 5 rings (SSSR count). The smallest absolute Gasteiger partial charge is 0.258 e. The minimum absolute atomic E-state index is 0.0623. The van der Waals surface area contributed by atoms with Crippen LogP contribution in [0.1, 0.15) is 30.8 Å². The quantitative estimate of drug-likeness (QED) is 0.509. The molecule has 184 valence electrons. The topological polar surface area (TPSA) is 105 Å². The van der Waals surface area contributed by atoms with Crippen molar-refractivity contribution in [1.82, 2.24) is 29.3 Å². The number of amides is 1. The molecule has 4 atom stereocenters. The van der Waals surface area contributed by atoms with E-state index in [1.807, 2.05) is 46.6 Å². The Hall–Kier alpha value is -3.30. The standard InChI is InChI=1S/C26H32N6O3/c1-3-12-31-22-14-32-21(5-4-19(26(32)35)17-6-9-27-10-7-17)24(31)23(20(22)15-33)25(34)28-11-8-18-13-30(2)16-29-18/h4-7,9-10,13,16,20,22-24,33H,3,8,11-12,14-15H2,1-2H3,(H,28,34)/t20-,22-,23+,24+/m0/s1. The largest absolute Gasteiger partial charge is 0.396 e. The Kier molecular flexibility index (Phi) is 6.53. The van der Waals surface area contributed by atoms with E-state index in [2.05, 4.69) is 27.1 Å². The van der Waals surface area contributed by atoms with Crippen LogP contribution >= 0.6 is 0 Å². The number of fused-ring (bicyclic) bond motifs is 4. The number of pyridine rings is 2. The first kappa shape index (κ1) is 23.4. The van der Waals surface area contributed by atoms with Crippen LogP contribution in [0.3, 0.4) is 0 Å². The van der Waals surface area contributed by atoms with Crippen LogP contribution in [-0.2, 0) is 24.8 Å². The van der Waals surface area contributed by atoms with Gasteiger partial charge in [-0.05, 0) is 42.8 Å². The Balaban J connectivity index is 1.46. The lowest BCUT2D eigenvalue weighted by atomic mass is 9.86. The fourth-order valence-corrected chi connectivity index (χ4v) is 5.87. The first-order chi connectivity index (χ1) is 17.0. The fraction of sp³-hybridized carbons (Fsp3) is 0.462. The summed E-state index contributed by atoms with van der Waals surface area (Å²) >= 11 is 0. The molecular formula is C26H32N6O3. The van der Waals surface area contributed by atoms with Gasteiger partial charge < -0.3 is 19.6 Å². The van der Waals surface area contributed by atoms with Crippen molar-refractivity contribution in [3.05, 3.63) is 70.9 Å². The van der Waals surface area contributed by atoms with Crippen molar-refractivity contribution in [2.75, 3.05) is 19.7 Å². The Labute approximate surface area is 204 Å². The summed E-state index contributed by atoms with van der Waals surface area (Å²) in [5, 5.41) is 13.5. The van der Waals surface area contributed by atoms with Gasteiger partial charge >= 0.3 is 0 Å². The van der Waals surface area contributed by atoms with E-state index in [1.165, 1.54) is 0 Å². The number of hydrogen-bond acceptors (Lipinski definition) is 6. The number of carbonyl (C=O) groups is 1. The Morgan fingerprint density at radius 3 is 2.71 bits per heavy atom. The van der Waals surface area contributed by atoms with Gasteiger partial charge in [-0.2, -0.15) is 0 Å². The maximum atomic E-state index is 13.6. The Bertz CT molecular complexity index is 1250. The van der Waals surface area contributed by atoms with Gasteiger partial charge in [-0.1, -0.05) is 6.92 Å². The SMILES string of the molecule is CCCN1[C@@H]2c3ccc(-c4ccncc4)c(=O)n3C[C@H]1[C@H](CO)[C@H]2C(=O)NCCc1cn(C)cn1. The van der Waals surface area contributed by atoms with Crippen molar-refractivity contribution in [2.45, 2.75) is 38.4 Å². The van der Waals surface area contributed by atoms with Crippen LogP contribution in [0.5, 0.6) is 0 Å². The van der Waals surface area contributed by atoms with Gasteiger partial charge in [0, 0.05) is 75.0 Å². The van der Waals surface area contributed by atoms with Crippen molar-refractivity contribution >= 4 is 5.91 Å². The van der Waals surface area contributed by atoms with E-state index in [0.717, 1.165) is 29.9 Å². The van der Waals surface area contributed by atoms with Crippen molar-refractivity contribution in [2.24, 2.45) is 18.9 Å². The highest BCUT2D eigenvalue weighted by Crippen LogP contribution is 2.48. The van der Waals surface area contributed by atoms with E-state index in [4.69, 9.17) is 0 Å². The second-order valence-corrected chi connectivity index (χ2v) is 9.52. The van der Waals surface area contributed by atoms with Crippen molar-refractivity contribution < 1.29 is 9.90 Å². The predicted octanol–water partition coefficient (Wildman–Crippen LogP) is 1.38. The number of aromatic nitrogens is 4. The monoisotopic (exact) mass is 476 g/mol. The van der Waals surface area contributed by atoms with E-state index in [0.29, 0.717) is 25.1 Å². The molecule has 0 spiro atoms. The molecule has 3 aromatic heterocycles. The van der Waals surface area contributed by atoms with E-state index < -0.39 is 5.92 Å². The summed E-state index contributed by atoms with van der Waals surface area (Å²) in [6, 6.07) is 7.18. The van der Waals surface area contributed by atoms with Crippen molar-refractivity contribution in [3.8, 4) is 11.1 Å². The molecule has 3 aromatic rings. The first-order valence-electron chi connectivity index (χ1n) is 12.3. The third-order valence-corrected chi connectivity index (χ3v) is 7.39. The fourth-order valence-electron chi connectivity index (χ4n) is 5.87. The maximum Gasteiger partial charge on any atom is 0.258 e. The third-order valence-electron chi connectivity index (χ3n) is 7.39. The molecule has 1 saturated heterocycles. The summed E-state index contributed by atoms with van der Waals surface area (Å²) in [6.07, 6.45) is 8.62. The molecule has 0 radical (unpaired) electrons. The number of rotatable bonds is 8. The Morgan fingerprint density at radius 2 is 2.03 bits per heavy atom. The summed E-state index contributed by atoms with van der Waals surface area (Å²) < 4.78 is 3.71. The summed E-state index contributed by atoms with van der Waals surface area (Å²) in [7, 11) is 1.92. The molecular weight excluding hydrogens is 444 g/mol. The molecule has 9 nitrogen and oxygen atoms in total. The third kappa shape index (κ3) is 4.19. The van der Waals surface area contributed by atoms with E-state index >= 15 is 0 Å². The van der Waals surface area contributed by atoms with Gasteiger partial charge in [-0.15, -0.1) is 0 Å². The average molecular weight is 477 g/mol. The van der Waals surface area contributed by atoms with Crippen LogP contribution in [0.25, 0.3) is 11.1 Å². The van der Waals surface area contributed by atoms with Crippen molar-refractivity contribution in [3.63, 3.8) is 0 Å². The zero-order valence-electron chi connectivity index (χ0n) is 20.2. The lowest BCUT2D eigenvalue weighted by Crippen LogP contribution is -2.47. The maximum absolute atomic E-state index is 13.6. The number of imidazole rings is 1. The molecule has 0 saturated carbocycles. The second kappa shape index (κ2) is 9.75. The number of nitrogens with zero attached hydrogens (tertiary/aromatic N) is 5. The number of carbonyl (C=O) groups excluding carboxylic acids is 1. The zero-order chi connectivity index (χ0) is 24.5. The van der Waals surface area contributed by atoms with Gasteiger partial charge in [-0.3, -0.25) is 19.5 Å². The van der Waals surface area contributed by atoms with Gasteiger partial charge in [-0.25, -0.2) is 4.98 Å². The molecule has 1 fully saturated rings. The predicted molar refractivity (Wildman–Crippen MR) is 131 cm³/mol. The highest BCUT2D eigenvalue weighted by Gasteiger charge is 2.55. The molecule has 1 amide bonds. The highest BCUT2D eigenvalue weighted by atomic mass is 16.3. The van der Waals surface area contributed by atoms with Crippen LogP contribution in [0.4, 0.5) is 0 Å². The normalized spacial score (nSPS) is 23.3. The molecule has 5 heterocycles. The number of hydrogen-bond donors (Lipinski definition) is 2. The molecule has 0 unspecified atom stereocenters. The number of aliphatic hydroxyl groups is 1. The van der Waals surface area contributed by atoms with E-state index in [-0.39, 0.29) is 36.1 Å². The second-order valence-electron chi connectivity index (χ2n) is 9.52. The van der Waals surface area contributed by atoms with Crippen molar-refractivity contribution in [1.29, 1.82) is 0 Å². The van der Waals surface area contributed by atoms with E-state index in [9.17, 15) is 14.7 Å². The average Bonchev–Trinajstić information content (AvgIpc) is 3.37. The molecule has 0 aliphatic carbocycles. The van der Waals surface area contributed by atoms with Crippen LogP contribution in [0.2, 0.25) is 0 Å². The summed E-state index contributed by atoms with van der Waals surface area (Å²) in [6.45, 7) is 3.77. The highest BCUT2D eigenvalue weighted by molar-refractivity contribution is 5.80. The number of aryl methyl sites for hydroxylation is 1. The van der Waals surface area contributed by atoms with Gasteiger partial charge in [0.15, 0.2) is 0 Å². The Morgan fingerprint density at radius 1 is 1.23 bits per heavy atom. The van der Waals surface area contributed by atoms with Gasteiger partial charge in [0.2, 0.25) is 5.91 Å². The summed E-state index contributed by atoms with van der Waals surface area (Å²) in [4.78, 5) is 37.8. The molecule has 2 aliphatic heterocycles. The van der Waals surface area contributed by atoms with E-state index in [1.54, 1.807) is 18.7 Å². The minimum atomic E-state index is -0.430. The molecule has 9 heteroatoms. The van der Waals surface area contributed by atoms with Crippen LogP contribution in [0.15, 0.2) is 54.0 Å². The first-order valence-corrected chi connectivity index (χ1v) is 12.3. The molecule has 2 bridgehead atoms. The summed E-state index contributed by atoms with van der Waals surface area (Å²) in [5.41, 5.74) is 3.15. The molecule has 2 aliphatic rings. The zero-order valence-corrected chi connectivity index (χ0v) is 20.2. The molecule has 35 heavy (non-hydrogen) atoms. The number of aliphatic hydroxyl groups excluding tert-OH is 1. The van der Waals surface area contributed by atoms with Gasteiger partial charge in [0.1, 0.15) is 0 Å². The molecule has 0 aromatic carbocycles. The van der Waals surface area contributed by atoms with Crippen LogP contribution < -0.4 is 10.9 Å². The van der Waals surface area contributed by atoms with Gasteiger partial charge in [0.05, 0.1) is 24.0 Å².